The standard InChI is InChI=1S/C12H14N2/c1-8-5-4-6-11(10(8)3)12(14)9(2)7-13/h4-6H,14H2,1-3H3/b12-9-. The maximum Gasteiger partial charge on any atom is 0.0965 e. The van der Waals surface area contributed by atoms with Crippen LogP contribution in [-0.2, 0) is 0 Å². The van der Waals surface area contributed by atoms with Crippen molar-refractivity contribution in [2.45, 2.75) is 20.8 Å². The topological polar surface area (TPSA) is 49.8 Å². The molecule has 0 unspecified atom stereocenters. The van der Waals surface area contributed by atoms with Gasteiger partial charge in [0.15, 0.2) is 0 Å². The molecule has 0 spiro atoms. The molecule has 0 aliphatic rings. The van der Waals surface area contributed by atoms with Gasteiger partial charge in [0.25, 0.3) is 0 Å². The molecular weight excluding hydrogens is 172 g/mol. The molecule has 72 valence electrons. The molecule has 1 aromatic carbocycles. The van der Waals surface area contributed by atoms with E-state index in [1.54, 1.807) is 6.92 Å². The minimum atomic E-state index is 0.568. The Hall–Kier alpha value is -1.75. The van der Waals surface area contributed by atoms with Gasteiger partial charge in [-0.05, 0) is 31.9 Å². The van der Waals surface area contributed by atoms with Gasteiger partial charge in [-0.15, -0.1) is 0 Å². The third kappa shape index (κ3) is 1.77. The Labute approximate surface area is 84.7 Å². The number of hydrogen-bond donors (Lipinski definition) is 1. The minimum absolute atomic E-state index is 0.568. The van der Waals surface area contributed by atoms with Crippen LogP contribution >= 0.6 is 0 Å². The quantitative estimate of drug-likeness (QED) is 0.685. The molecule has 2 heteroatoms. The molecular formula is C12H14N2. The van der Waals surface area contributed by atoms with Crippen LogP contribution in [-0.4, -0.2) is 0 Å². The zero-order valence-corrected chi connectivity index (χ0v) is 8.76. The number of aryl methyl sites for hydroxylation is 1. The smallest absolute Gasteiger partial charge is 0.0965 e. The lowest BCUT2D eigenvalue weighted by Crippen LogP contribution is -2.02. The highest BCUT2D eigenvalue weighted by Gasteiger charge is 2.05. The predicted molar refractivity (Wildman–Crippen MR) is 58.3 cm³/mol. The molecule has 0 aliphatic heterocycles. The van der Waals surface area contributed by atoms with Gasteiger partial charge in [0.05, 0.1) is 11.8 Å². The van der Waals surface area contributed by atoms with Crippen molar-refractivity contribution in [3.63, 3.8) is 0 Å². The molecule has 1 rings (SSSR count). The van der Waals surface area contributed by atoms with Gasteiger partial charge in [-0.2, -0.15) is 5.26 Å². The zero-order valence-electron chi connectivity index (χ0n) is 8.76. The van der Waals surface area contributed by atoms with E-state index in [4.69, 9.17) is 11.0 Å². The van der Waals surface area contributed by atoms with E-state index >= 15 is 0 Å². The van der Waals surface area contributed by atoms with Crippen LogP contribution in [0.2, 0.25) is 0 Å². The summed E-state index contributed by atoms with van der Waals surface area (Å²) in [6.45, 7) is 5.78. The summed E-state index contributed by atoms with van der Waals surface area (Å²) in [6, 6.07) is 8.00. The van der Waals surface area contributed by atoms with Crippen LogP contribution in [0.15, 0.2) is 23.8 Å². The van der Waals surface area contributed by atoms with Crippen molar-refractivity contribution < 1.29 is 0 Å². The number of nitrogens with two attached hydrogens (primary N) is 1. The Bertz CT molecular complexity index is 422. The lowest BCUT2D eigenvalue weighted by atomic mass is 9.99. The number of rotatable bonds is 1. The molecule has 0 atom stereocenters. The van der Waals surface area contributed by atoms with Gasteiger partial charge < -0.3 is 5.73 Å². The van der Waals surface area contributed by atoms with Gasteiger partial charge in [-0.3, -0.25) is 0 Å². The number of benzene rings is 1. The summed E-state index contributed by atoms with van der Waals surface area (Å²) in [5, 5.41) is 8.74. The summed E-state index contributed by atoms with van der Waals surface area (Å²) in [5.41, 5.74) is 10.3. The highest BCUT2D eigenvalue weighted by atomic mass is 14.6. The summed E-state index contributed by atoms with van der Waals surface area (Å²) in [6.07, 6.45) is 0. The first-order valence-corrected chi connectivity index (χ1v) is 4.51. The molecule has 0 heterocycles. The summed E-state index contributed by atoms with van der Waals surface area (Å²) in [7, 11) is 0. The molecule has 2 nitrogen and oxygen atoms in total. The van der Waals surface area contributed by atoms with Crippen molar-refractivity contribution in [1.82, 2.24) is 0 Å². The van der Waals surface area contributed by atoms with E-state index in [-0.39, 0.29) is 0 Å². The van der Waals surface area contributed by atoms with Crippen molar-refractivity contribution in [2.75, 3.05) is 0 Å². The second kappa shape index (κ2) is 3.97. The molecule has 0 bridgehead atoms. The lowest BCUT2D eigenvalue weighted by molar-refractivity contribution is 1.29. The minimum Gasteiger partial charge on any atom is -0.397 e. The van der Waals surface area contributed by atoms with Crippen LogP contribution in [0, 0.1) is 25.2 Å². The van der Waals surface area contributed by atoms with Gasteiger partial charge in [0.2, 0.25) is 0 Å². The zero-order chi connectivity index (χ0) is 10.7. The number of nitriles is 1. The Morgan fingerprint density at radius 2 is 2.00 bits per heavy atom. The fraction of sp³-hybridized carbons (Fsp3) is 0.250. The van der Waals surface area contributed by atoms with Crippen LogP contribution in [0.1, 0.15) is 23.6 Å². The third-order valence-electron chi connectivity index (χ3n) is 2.47. The fourth-order valence-electron chi connectivity index (χ4n) is 1.31. The van der Waals surface area contributed by atoms with E-state index in [9.17, 15) is 0 Å². The van der Waals surface area contributed by atoms with Gasteiger partial charge in [-0.25, -0.2) is 0 Å². The van der Waals surface area contributed by atoms with Crippen molar-refractivity contribution in [1.29, 1.82) is 5.26 Å². The number of nitrogens with zero attached hydrogens (tertiary/aromatic N) is 1. The molecule has 0 fully saturated rings. The van der Waals surface area contributed by atoms with Crippen LogP contribution in [0.25, 0.3) is 5.70 Å². The van der Waals surface area contributed by atoms with E-state index < -0.39 is 0 Å². The summed E-state index contributed by atoms with van der Waals surface area (Å²) >= 11 is 0. The van der Waals surface area contributed by atoms with E-state index in [1.807, 2.05) is 32.0 Å². The van der Waals surface area contributed by atoms with E-state index in [0.29, 0.717) is 11.3 Å². The van der Waals surface area contributed by atoms with E-state index in [2.05, 4.69) is 6.07 Å². The average molecular weight is 186 g/mol. The molecule has 0 radical (unpaired) electrons. The molecule has 0 aliphatic carbocycles. The average Bonchev–Trinajstić information content (AvgIpc) is 2.20. The number of allylic oxidation sites excluding steroid dienone is 1. The summed E-state index contributed by atoms with van der Waals surface area (Å²) in [4.78, 5) is 0. The Kier molecular flexibility index (Phi) is 2.93. The first-order valence-electron chi connectivity index (χ1n) is 4.51. The Morgan fingerprint density at radius 3 is 2.57 bits per heavy atom. The maximum absolute atomic E-state index is 8.74. The highest BCUT2D eigenvalue weighted by Crippen LogP contribution is 2.19. The van der Waals surface area contributed by atoms with Crippen molar-refractivity contribution in [3.8, 4) is 6.07 Å². The molecule has 0 amide bonds. The van der Waals surface area contributed by atoms with Crippen LogP contribution in [0.5, 0.6) is 0 Å². The van der Waals surface area contributed by atoms with Crippen molar-refractivity contribution in [2.24, 2.45) is 5.73 Å². The first-order chi connectivity index (χ1) is 6.57. The van der Waals surface area contributed by atoms with E-state index in [1.165, 1.54) is 5.56 Å². The van der Waals surface area contributed by atoms with Gasteiger partial charge in [0.1, 0.15) is 0 Å². The molecule has 2 N–H and O–H groups in total. The van der Waals surface area contributed by atoms with Crippen molar-refractivity contribution >= 4 is 5.70 Å². The Morgan fingerprint density at radius 1 is 1.36 bits per heavy atom. The van der Waals surface area contributed by atoms with Crippen LogP contribution in [0.4, 0.5) is 0 Å². The number of hydrogen-bond acceptors (Lipinski definition) is 2. The molecule has 1 aromatic rings. The SMILES string of the molecule is C/C(C#N)=C(/N)c1cccc(C)c1C. The fourth-order valence-corrected chi connectivity index (χ4v) is 1.31. The van der Waals surface area contributed by atoms with Gasteiger partial charge >= 0.3 is 0 Å². The van der Waals surface area contributed by atoms with Crippen LogP contribution in [0.3, 0.4) is 0 Å². The molecule has 0 saturated heterocycles. The van der Waals surface area contributed by atoms with Gasteiger partial charge in [-0.1, -0.05) is 18.2 Å². The summed E-state index contributed by atoms with van der Waals surface area (Å²) in [5.74, 6) is 0. The second-order valence-corrected chi connectivity index (χ2v) is 3.40. The maximum atomic E-state index is 8.74. The van der Waals surface area contributed by atoms with Gasteiger partial charge in [0, 0.05) is 11.1 Å². The van der Waals surface area contributed by atoms with Crippen molar-refractivity contribution in [3.05, 3.63) is 40.5 Å². The lowest BCUT2D eigenvalue weighted by Gasteiger charge is -2.09. The normalized spacial score (nSPS) is 11.9. The first kappa shape index (κ1) is 10.3. The monoisotopic (exact) mass is 186 g/mol. The van der Waals surface area contributed by atoms with Crippen LogP contribution < -0.4 is 5.73 Å². The Balaban J connectivity index is 3.36. The molecule has 0 saturated carbocycles. The largest absolute Gasteiger partial charge is 0.397 e. The predicted octanol–water partition coefficient (Wildman–Crippen LogP) is 2.52. The summed E-state index contributed by atoms with van der Waals surface area (Å²) < 4.78 is 0. The molecule has 0 aromatic heterocycles. The second-order valence-electron chi connectivity index (χ2n) is 3.40. The molecule has 14 heavy (non-hydrogen) atoms. The van der Waals surface area contributed by atoms with E-state index in [0.717, 1.165) is 11.1 Å². The third-order valence-corrected chi connectivity index (χ3v) is 2.47. The highest BCUT2D eigenvalue weighted by molar-refractivity contribution is 5.71.